The van der Waals surface area contributed by atoms with E-state index in [1.165, 1.54) is 16.6 Å². The third-order valence-electron chi connectivity index (χ3n) is 3.10. The Balaban J connectivity index is 2.22. The maximum absolute atomic E-state index is 12.4. The summed E-state index contributed by atoms with van der Waals surface area (Å²) in [4.78, 5) is 3.98. The SMILES string of the molecule is CNC1CCCN(S(=O)(=O)c2ccc(Br)cn2)C1. The molecule has 1 aliphatic heterocycles. The first-order valence-electron chi connectivity index (χ1n) is 5.83. The minimum absolute atomic E-state index is 0.113. The second-order valence-corrected chi connectivity index (χ2v) is 7.11. The van der Waals surface area contributed by atoms with Crippen molar-refractivity contribution in [3.63, 3.8) is 0 Å². The van der Waals surface area contributed by atoms with Crippen molar-refractivity contribution in [2.75, 3.05) is 20.1 Å². The van der Waals surface area contributed by atoms with E-state index in [0.29, 0.717) is 13.1 Å². The number of aromatic nitrogens is 1. The van der Waals surface area contributed by atoms with Crippen molar-refractivity contribution in [1.82, 2.24) is 14.6 Å². The average molecular weight is 334 g/mol. The number of halogens is 1. The number of hydrogen-bond acceptors (Lipinski definition) is 4. The Labute approximate surface area is 116 Å². The van der Waals surface area contributed by atoms with E-state index in [1.807, 2.05) is 7.05 Å². The molecule has 1 aromatic rings. The second kappa shape index (κ2) is 5.64. The van der Waals surface area contributed by atoms with Crippen molar-refractivity contribution in [2.45, 2.75) is 23.9 Å². The molecule has 7 heteroatoms. The maximum atomic E-state index is 12.4. The molecule has 100 valence electrons. The largest absolute Gasteiger partial charge is 0.316 e. The molecule has 0 aromatic carbocycles. The van der Waals surface area contributed by atoms with Crippen LogP contribution < -0.4 is 5.32 Å². The molecule has 0 bridgehead atoms. The summed E-state index contributed by atoms with van der Waals surface area (Å²) in [5, 5.41) is 3.25. The number of piperidine rings is 1. The molecular formula is C11H16BrN3O2S. The molecule has 18 heavy (non-hydrogen) atoms. The Morgan fingerprint density at radius 1 is 1.50 bits per heavy atom. The number of pyridine rings is 1. The van der Waals surface area contributed by atoms with Gasteiger partial charge in [-0.25, -0.2) is 13.4 Å². The Bertz CT molecular complexity index is 504. The fourth-order valence-electron chi connectivity index (χ4n) is 2.04. The zero-order valence-electron chi connectivity index (χ0n) is 10.1. The predicted molar refractivity (Wildman–Crippen MR) is 72.8 cm³/mol. The Kier molecular flexibility index (Phi) is 4.37. The smallest absolute Gasteiger partial charge is 0.260 e. The highest BCUT2D eigenvalue weighted by atomic mass is 79.9. The molecule has 1 aliphatic rings. The zero-order valence-corrected chi connectivity index (χ0v) is 12.5. The molecule has 5 nitrogen and oxygen atoms in total. The molecule has 2 heterocycles. The monoisotopic (exact) mass is 333 g/mol. The molecule has 1 N–H and O–H groups in total. The standard InChI is InChI=1S/C11H16BrN3O2S/c1-13-10-3-2-6-15(8-10)18(16,17)11-5-4-9(12)7-14-11/h4-5,7,10,13H,2-3,6,8H2,1H3. The van der Waals surface area contributed by atoms with Crippen molar-refractivity contribution in [3.05, 3.63) is 22.8 Å². The van der Waals surface area contributed by atoms with Gasteiger partial charge in [-0.05, 0) is 48.0 Å². The zero-order chi connectivity index (χ0) is 13.2. The number of rotatable bonds is 3. The highest BCUT2D eigenvalue weighted by Crippen LogP contribution is 2.20. The summed E-state index contributed by atoms with van der Waals surface area (Å²) < 4.78 is 27.0. The van der Waals surface area contributed by atoms with E-state index in [0.717, 1.165) is 17.3 Å². The summed E-state index contributed by atoms with van der Waals surface area (Å²) >= 11 is 3.25. The van der Waals surface area contributed by atoms with Gasteiger partial charge in [-0.15, -0.1) is 0 Å². The molecule has 1 atom stereocenters. The van der Waals surface area contributed by atoms with Gasteiger partial charge in [0.15, 0.2) is 5.03 Å². The Hall–Kier alpha value is -0.500. The molecule has 1 unspecified atom stereocenters. The summed E-state index contributed by atoms with van der Waals surface area (Å²) in [7, 11) is -1.60. The van der Waals surface area contributed by atoms with Crippen molar-refractivity contribution < 1.29 is 8.42 Å². The topological polar surface area (TPSA) is 62.3 Å². The van der Waals surface area contributed by atoms with E-state index in [-0.39, 0.29) is 11.1 Å². The molecule has 0 spiro atoms. The average Bonchev–Trinajstić information content (AvgIpc) is 2.39. The summed E-state index contributed by atoms with van der Waals surface area (Å²) in [6.07, 6.45) is 3.39. The normalized spacial score (nSPS) is 22.0. The van der Waals surface area contributed by atoms with Crippen LogP contribution in [0.3, 0.4) is 0 Å². The van der Waals surface area contributed by atoms with Crippen molar-refractivity contribution in [3.8, 4) is 0 Å². The lowest BCUT2D eigenvalue weighted by atomic mass is 10.1. The van der Waals surface area contributed by atoms with Crippen LogP contribution in [0.15, 0.2) is 27.8 Å². The Morgan fingerprint density at radius 3 is 2.89 bits per heavy atom. The molecule has 0 aliphatic carbocycles. The number of hydrogen-bond donors (Lipinski definition) is 1. The third kappa shape index (κ3) is 2.90. The van der Waals surface area contributed by atoms with E-state index in [2.05, 4.69) is 26.2 Å². The van der Waals surface area contributed by atoms with Gasteiger partial charge in [-0.1, -0.05) is 0 Å². The summed E-state index contributed by atoms with van der Waals surface area (Å²) in [6, 6.07) is 3.45. The van der Waals surface area contributed by atoms with E-state index < -0.39 is 10.0 Å². The predicted octanol–water partition coefficient (Wildman–Crippen LogP) is 1.22. The summed E-state index contributed by atoms with van der Waals surface area (Å²) in [5.41, 5.74) is 0. The van der Waals surface area contributed by atoms with E-state index in [4.69, 9.17) is 0 Å². The van der Waals surface area contributed by atoms with Crippen LogP contribution in [0.25, 0.3) is 0 Å². The van der Waals surface area contributed by atoms with Gasteiger partial charge in [-0.2, -0.15) is 4.31 Å². The maximum Gasteiger partial charge on any atom is 0.260 e. The van der Waals surface area contributed by atoms with Crippen LogP contribution in [0.5, 0.6) is 0 Å². The van der Waals surface area contributed by atoms with Crippen LogP contribution in [-0.4, -0.2) is 43.9 Å². The molecule has 2 rings (SSSR count). The van der Waals surface area contributed by atoms with Crippen LogP contribution in [0.2, 0.25) is 0 Å². The fraction of sp³-hybridized carbons (Fsp3) is 0.545. The molecular weight excluding hydrogens is 318 g/mol. The number of likely N-dealkylation sites (N-methyl/N-ethyl adjacent to an activating group) is 1. The molecule has 0 saturated carbocycles. The summed E-state index contributed by atoms with van der Waals surface area (Å²) in [6.45, 7) is 1.08. The van der Waals surface area contributed by atoms with Gasteiger partial charge in [0.2, 0.25) is 0 Å². The van der Waals surface area contributed by atoms with Gasteiger partial charge in [0, 0.05) is 29.8 Å². The van der Waals surface area contributed by atoms with Crippen LogP contribution in [-0.2, 0) is 10.0 Å². The molecule has 1 saturated heterocycles. The number of nitrogens with one attached hydrogen (secondary N) is 1. The van der Waals surface area contributed by atoms with Gasteiger partial charge in [0.05, 0.1) is 0 Å². The lowest BCUT2D eigenvalue weighted by Gasteiger charge is -2.31. The van der Waals surface area contributed by atoms with Gasteiger partial charge in [-0.3, -0.25) is 0 Å². The molecule has 0 amide bonds. The third-order valence-corrected chi connectivity index (χ3v) is 5.35. The van der Waals surface area contributed by atoms with Crippen LogP contribution in [0, 0.1) is 0 Å². The van der Waals surface area contributed by atoms with Gasteiger partial charge < -0.3 is 5.32 Å². The second-order valence-electron chi connectivity index (χ2n) is 4.31. The lowest BCUT2D eigenvalue weighted by Crippen LogP contribution is -2.47. The first-order valence-corrected chi connectivity index (χ1v) is 8.06. The molecule has 0 radical (unpaired) electrons. The number of sulfonamides is 1. The van der Waals surface area contributed by atoms with Crippen LogP contribution >= 0.6 is 15.9 Å². The van der Waals surface area contributed by atoms with Crippen molar-refractivity contribution in [2.24, 2.45) is 0 Å². The number of nitrogens with zero attached hydrogens (tertiary/aromatic N) is 2. The van der Waals surface area contributed by atoms with Crippen molar-refractivity contribution >= 4 is 26.0 Å². The van der Waals surface area contributed by atoms with E-state index in [9.17, 15) is 8.42 Å². The molecule has 1 aromatic heterocycles. The fourth-order valence-corrected chi connectivity index (χ4v) is 3.71. The molecule has 1 fully saturated rings. The highest BCUT2D eigenvalue weighted by molar-refractivity contribution is 9.10. The first-order chi connectivity index (χ1) is 8.54. The van der Waals surface area contributed by atoms with Gasteiger partial charge in [0.1, 0.15) is 0 Å². The highest BCUT2D eigenvalue weighted by Gasteiger charge is 2.30. The summed E-state index contributed by atoms with van der Waals surface area (Å²) in [5.74, 6) is 0. The van der Waals surface area contributed by atoms with E-state index >= 15 is 0 Å². The van der Waals surface area contributed by atoms with E-state index in [1.54, 1.807) is 6.07 Å². The van der Waals surface area contributed by atoms with Crippen LogP contribution in [0.1, 0.15) is 12.8 Å². The Morgan fingerprint density at radius 2 is 2.28 bits per heavy atom. The van der Waals surface area contributed by atoms with Crippen molar-refractivity contribution in [1.29, 1.82) is 0 Å². The lowest BCUT2D eigenvalue weighted by molar-refractivity contribution is 0.292. The quantitative estimate of drug-likeness (QED) is 0.903. The minimum Gasteiger partial charge on any atom is -0.316 e. The first kappa shape index (κ1) is 13.9. The van der Waals surface area contributed by atoms with Gasteiger partial charge in [0.25, 0.3) is 10.0 Å². The van der Waals surface area contributed by atoms with Crippen LogP contribution in [0.4, 0.5) is 0 Å². The van der Waals surface area contributed by atoms with Gasteiger partial charge >= 0.3 is 0 Å². The minimum atomic E-state index is -3.46.